The quantitative estimate of drug-likeness (QED) is 0.592. The van der Waals surface area contributed by atoms with Crippen LogP contribution in [0.15, 0.2) is 66.7 Å². The molecule has 1 aliphatic heterocycles. The lowest BCUT2D eigenvalue weighted by atomic mass is 9.99. The molecule has 0 radical (unpaired) electrons. The number of amides is 2. The highest BCUT2D eigenvalue weighted by Gasteiger charge is 2.28. The second kappa shape index (κ2) is 7.37. The summed E-state index contributed by atoms with van der Waals surface area (Å²) in [4.78, 5) is 25.1. The number of hydrogen-bond donors (Lipinski definition) is 3. The van der Waals surface area contributed by atoms with Crippen LogP contribution in [0, 0.1) is 0 Å². The summed E-state index contributed by atoms with van der Waals surface area (Å²) in [5, 5.41) is 6.03. The first-order valence-electron chi connectivity index (χ1n) is 8.86. The molecule has 1 heterocycles. The van der Waals surface area contributed by atoms with E-state index >= 15 is 0 Å². The predicted molar refractivity (Wildman–Crippen MR) is 111 cm³/mol. The summed E-state index contributed by atoms with van der Waals surface area (Å²) in [5.74, 6) is -0.583. The maximum Gasteiger partial charge on any atom is 0.254 e. The van der Waals surface area contributed by atoms with E-state index in [-0.39, 0.29) is 11.8 Å². The first-order valence-corrected chi connectivity index (χ1v) is 9.24. The predicted octanol–water partition coefficient (Wildman–Crippen LogP) is 3.88. The van der Waals surface area contributed by atoms with E-state index in [0.717, 1.165) is 16.7 Å². The van der Waals surface area contributed by atoms with Gasteiger partial charge < -0.3 is 16.4 Å². The molecule has 2 amide bonds. The molecule has 4 rings (SSSR count). The van der Waals surface area contributed by atoms with Gasteiger partial charge in [-0.25, -0.2) is 0 Å². The standard InChI is InChI=1S/C22H18ClN3O2/c23-15-9-10-19-17(12-15)21(27)26-20(22(28)25-19)11-13-5-7-14(8-6-13)16-3-1-2-4-18(16)24/h1-10,12,20H,11,24H2,(H,25,28)(H,26,27). The normalized spacial score (nSPS) is 16.0. The second-order valence-corrected chi connectivity index (χ2v) is 7.13. The van der Waals surface area contributed by atoms with Crippen molar-refractivity contribution in [3.8, 4) is 11.1 Å². The van der Waals surface area contributed by atoms with Crippen molar-refractivity contribution in [3.63, 3.8) is 0 Å². The number of hydrogen-bond acceptors (Lipinski definition) is 3. The molecule has 1 atom stereocenters. The maximum absolute atomic E-state index is 12.6. The summed E-state index contributed by atoms with van der Waals surface area (Å²) in [6.45, 7) is 0. The van der Waals surface area contributed by atoms with Crippen LogP contribution >= 0.6 is 11.6 Å². The highest BCUT2D eigenvalue weighted by atomic mass is 35.5. The first-order chi connectivity index (χ1) is 13.5. The molecule has 140 valence electrons. The van der Waals surface area contributed by atoms with Crippen LogP contribution in [0.25, 0.3) is 11.1 Å². The Morgan fingerprint density at radius 1 is 0.929 bits per heavy atom. The number of carbonyl (C=O) groups excluding carboxylic acids is 2. The van der Waals surface area contributed by atoms with E-state index in [4.69, 9.17) is 17.3 Å². The van der Waals surface area contributed by atoms with Gasteiger partial charge in [0.05, 0.1) is 11.3 Å². The highest BCUT2D eigenvalue weighted by Crippen LogP contribution is 2.27. The van der Waals surface area contributed by atoms with Crippen molar-refractivity contribution < 1.29 is 9.59 Å². The lowest BCUT2D eigenvalue weighted by Gasteiger charge is -2.15. The van der Waals surface area contributed by atoms with Gasteiger partial charge in [-0.05, 0) is 35.4 Å². The lowest BCUT2D eigenvalue weighted by molar-refractivity contribution is -0.117. The Bertz CT molecular complexity index is 1060. The van der Waals surface area contributed by atoms with Gasteiger partial charge in [0, 0.05) is 22.7 Å². The zero-order valence-corrected chi connectivity index (χ0v) is 15.7. The van der Waals surface area contributed by atoms with Crippen molar-refractivity contribution in [2.75, 3.05) is 11.1 Å². The Hall–Kier alpha value is -3.31. The van der Waals surface area contributed by atoms with Gasteiger partial charge in [-0.1, -0.05) is 54.1 Å². The monoisotopic (exact) mass is 391 g/mol. The molecule has 0 bridgehead atoms. The van der Waals surface area contributed by atoms with Crippen molar-refractivity contribution in [2.45, 2.75) is 12.5 Å². The number of fused-ring (bicyclic) bond motifs is 1. The first kappa shape index (κ1) is 18.1. The third kappa shape index (κ3) is 3.57. The summed E-state index contributed by atoms with van der Waals surface area (Å²) in [6, 6.07) is 19.6. The number of benzene rings is 3. The number of rotatable bonds is 3. The average molecular weight is 392 g/mol. The lowest BCUT2D eigenvalue weighted by Crippen LogP contribution is -2.42. The van der Waals surface area contributed by atoms with E-state index in [1.54, 1.807) is 18.2 Å². The Labute approximate surface area is 167 Å². The summed E-state index contributed by atoms with van der Waals surface area (Å²) in [6.07, 6.45) is 0.379. The highest BCUT2D eigenvalue weighted by molar-refractivity contribution is 6.31. The van der Waals surface area contributed by atoms with E-state index in [1.807, 2.05) is 48.5 Å². The third-order valence-corrected chi connectivity index (χ3v) is 5.01. The van der Waals surface area contributed by atoms with Crippen molar-refractivity contribution in [1.29, 1.82) is 0 Å². The fourth-order valence-electron chi connectivity index (χ4n) is 3.29. The zero-order valence-electron chi connectivity index (χ0n) is 14.9. The van der Waals surface area contributed by atoms with Gasteiger partial charge in [0.1, 0.15) is 6.04 Å². The van der Waals surface area contributed by atoms with Crippen molar-refractivity contribution in [1.82, 2.24) is 5.32 Å². The molecule has 0 saturated carbocycles. The fraction of sp³-hybridized carbons (Fsp3) is 0.0909. The molecule has 28 heavy (non-hydrogen) atoms. The number of carbonyl (C=O) groups is 2. The van der Waals surface area contributed by atoms with Crippen LogP contribution in [0.5, 0.6) is 0 Å². The van der Waals surface area contributed by atoms with Crippen molar-refractivity contribution >= 4 is 34.8 Å². The van der Waals surface area contributed by atoms with Crippen LogP contribution in [0.2, 0.25) is 5.02 Å². The van der Waals surface area contributed by atoms with Crippen molar-refractivity contribution in [3.05, 3.63) is 82.9 Å². The number of nitrogens with one attached hydrogen (secondary N) is 2. The summed E-state index contributed by atoms with van der Waals surface area (Å²) >= 11 is 5.97. The molecule has 0 spiro atoms. The Morgan fingerprint density at radius 3 is 2.43 bits per heavy atom. The molecule has 5 nitrogen and oxygen atoms in total. The van der Waals surface area contributed by atoms with Gasteiger partial charge in [-0.2, -0.15) is 0 Å². The van der Waals surface area contributed by atoms with Crippen LogP contribution in [0.1, 0.15) is 15.9 Å². The van der Waals surface area contributed by atoms with Crippen LogP contribution in [0.3, 0.4) is 0 Å². The molecular formula is C22H18ClN3O2. The van der Waals surface area contributed by atoms with E-state index in [2.05, 4.69) is 10.6 Å². The number of nitrogen functional groups attached to an aromatic ring is 1. The van der Waals surface area contributed by atoms with Gasteiger partial charge >= 0.3 is 0 Å². The molecule has 1 aliphatic rings. The Balaban J connectivity index is 1.54. The summed E-state index contributed by atoms with van der Waals surface area (Å²) < 4.78 is 0. The molecule has 0 aliphatic carbocycles. The fourth-order valence-corrected chi connectivity index (χ4v) is 3.47. The van der Waals surface area contributed by atoms with E-state index in [1.165, 1.54) is 0 Å². The minimum absolute atomic E-state index is 0.259. The zero-order chi connectivity index (χ0) is 19.7. The van der Waals surface area contributed by atoms with Gasteiger partial charge in [-0.3, -0.25) is 9.59 Å². The second-order valence-electron chi connectivity index (χ2n) is 6.69. The number of nitrogens with two attached hydrogens (primary N) is 1. The molecule has 6 heteroatoms. The van der Waals surface area contributed by atoms with Gasteiger partial charge in [0.2, 0.25) is 5.91 Å². The smallest absolute Gasteiger partial charge is 0.254 e. The minimum Gasteiger partial charge on any atom is -0.398 e. The molecule has 1 unspecified atom stereocenters. The molecule has 3 aromatic rings. The largest absolute Gasteiger partial charge is 0.398 e. The summed E-state index contributed by atoms with van der Waals surface area (Å²) in [7, 11) is 0. The third-order valence-electron chi connectivity index (χ3n) is 4.77. The van der Waals surface area contributed by atoms with Gasteiger partial charge in [-0.15, -0.1) is 0 Å². The number of halogens is 1. The Kier molecular flexibility index (Phi) is 4.75. The molecule has 0 saturated heterocycles. The van der Waals surface area contributed by atoms with Crippen LogP contribution in [0.4, 0.5) is 11.4 Å². The van der Waals surface area contributed by atoms with Crippen LogP contribution < -0.4 is 16.4 Å². The average Bonchev–Trinajstić information content (AvgIpc) is 2.80. The molecule has 0 aromatic heterocycles. The van der Waals surface area contributed by atoms with Crippen molar-refractivity contribution in [2.24, 2.45) is 0 Å². The van der Waals surface area contributed by atoms with Gasteiger partial charge in [0.25, 0.3) is 5.91 Å². The molecule has 3 aromatic carbocycles. The van der Waals surface area contributed by atoms with E-state index in [0.29, 0.717) is 28.4 Å². The minimum atomic E-state index is -0.675. The molecular weight excluding hydrogens is 374 g/mol. The number of para-hydroxylation sites is 1. The van der Waals surface area contributed by atoms with Gasteiger partial charge in [0.15, 0.2) is 0 Å². The van der Waals surface area contributed by atoms with E-state index < -0.39 is 6.04 Å². The maximum atomic E-state index is 12.6. The molecule has 4 N–H and O–H groups in total. The summed E-state index contributed by atoms with van der Waals surface area (Å²) in [5.41, 5.74) is 10.5. The van der Waals surface area contributed by atoms with E-state index in [9.17, 15) is 9.59 Å². The molecule has 0 fully saturated rings. The number of anilines is 2. The van der Waals surface area contributed by atoms with Crippen LogP contribution in [-0.2, 0) is 11.2 Å². The Morgan fingerprint density at radius 2 is 1.68 bits per heavy atom. The SMILES string of the molecule is Nc1ccccc1-c1ccc(CC2NC(=O)c3cc(Cl)ccc3NC2=O)cc1. The topological polar surface area (TPSA) is 84.2 Å². The van der Waals surface area contributed by atoms with Crippen LogP contribution in [-0.4, -0.2) is 17.9 Å².